The molecule has 1 atom stereocenters. The number of hydrogen-bond acceptors (Lipinski definition) is 6. The zero-order valence-electron chi connectivity index (χ0n) is 20.5. The molecule has 202 valence electrons. The average molecular weight is 542 g/mol. The van der Waals surface area contributed by atoms with Crippen LogP contribution in [0.3, 0.4) is 0 Å². The van der Waals surface area contributed by atoms with E-state index in [0.717, 1.165) is 41.7 Å². The Bertz CT molecular complexity index is 1270. The van der Waals surface area contributed by atoms with Crippen molar-refractivity contribution in [3.8, 4) is 0 Å². The van der Waals surface area contributed by atoms with Gasteiger partial charge in [-0.3, -0.25) is 10.1 Å². The minimum Gasteiger partial charge on any atom is -0.542 e. The Labute approximate surface area is 213 Å². The molecule has 0 amide bonds. The van der Waals surface area contributed by atoms with Gasteiger partial charge >= 0.3 is 6.18 Å². The molecule has 0 unspecified atom stereocenters. The number of carbonyl (C=O) groups excluding carboxylic acids is 2. The summed E-state index contributed by atoms with van der Waals surface area (Å²) in [7, 11) is -3.36. The molecule has 3 N–H and O–H groups in total. The van der Waals surface area contributed by atoms with E-state index in [-0.39, 0.29) is 11.8 Å². The van der Waals surface area contributed by atoms with Crippen LogP contribution in [0.1, 0.15) is 51.0 Å². The number of aliphatic carboxylic acids is 1. The molecule has 3 rings (SSSR count). The zero-order valence-corrected chi connectivity index (χ0v) is 21.4. The van der Waals surface area contributed by atoms with Crippen molar-refractivity contribution in [2.24, 2.45) is 4.99 Å². The third-order valence-electron chi connectivity index (χ3n) is 5.53. The molecule has 2 aromatic carbocycles. The summed E-state index contributed by atoms with van der Waals surface area (Å²) < 4.78 is 58.0. The third-order valence-corrected chi connectivity index (χ3v) is 6.24. The van der Waals surface area contributed by atoms with Gasteiger partial charge in [0.15, 0.2) is 5.70 Å². The molecular weight excluding hydrogens is 511 g/mol. The smallest absolute Gasteiger partial charge is 0.430 e. The molecule has 2 aromatic rings. The van der Waals surface area contributed by atoms with Gasteiger partial charge in [0.05, 0.1) is 12.5 Å². The quantitative estimate of drug-likeness (QED) is 0.421. The lowest BCUT2D eigenvalue weighted by atomic mass is 10.0. The number of nitrogens with zero attached hydrogens (tertiary/aromatic N) is 1. The van der Waals surface area contributed by atoms with Crippen LogP contribution in [-0.2, 0) is 19.6 Å². The largest absolute Gasteiger partial charge is 0.542 e. The first kappa shape index (κ1) is 30.1. The summed E-state index contributed by atoms with van der Waals surface area (Å²) in [5.41, 5.74) is 2.04. The van der Waals surface area contributed by atoms with Crippen LogP contribution in [0.4, 0.5) is 13.2 Å². The maximum absolute atomic E-state index is 11.9. The molecule has 0 fully saturated rings. The number of carboxylic acid groups (broad SMARTS) is 1. The normalized spacial score (nSPS) is 14.4. The number of nitrogens with two attached hydrogens (primary N) is 1. The number of amidine groups is 1. The average Bonchev–Trinajstić information content (AvgIpc) is 3.32. The highest BCUT2D eigenvalue weighted by Gasteiger charge is 2.29. The first-order valence-corrected chi connectivity index (χ1v) is 13.6. The lowest BCUT2D eigenvalue weighted by Gasteiger charge is -2.15. The number of carboxylic acids is 1. The number of aliphatic imine (C=N–C) groups is 1. The number of halogens is 3. The van der Waals surface area contributed by atoms with Crippen molar-refractivity contribution in [1.29, 1.82) is 0 Å². The van der Waals surface area contributed by atoms with Gasteiger partial charge in [0.25, 0.3) is 0 Å². The van der Waals surface area contributed by atoms with Crippen LogP contribution in [0.15, 0.2) is 53.7 Å². The van der Waals surface area contributed by atoms with Gasteiger partial charge < -0.3 is 9.90 Å². The van der Waals surface area contributed by atoms with Crippen molar-refractivity contribution >= 4 is 44.1 Å². The maximum atomic E-state index is 11.9. The zero-order chi connectivity index (χ0) is 27.6. The Morgan fingerprint density at radius 1 is 1.08 bits per heavy atom. The first-order chi connectivity index (χ1) is 17.3. The van der Waals surface area contributed by atoms with Gasteiger partial charge in [0.2, 0.25) is 15.9 Å². The Kier molecular flexibility index (Phi) is 11.0. The number of ketones is 1. The summed E-state index contributed by atoms with van der Waals surface area (Å²) in [6, 6.07) is 14.1. The molecule has 1 aliphatic rings. The number of rotatable bonds is 11. The van der Waals surface area contributed by atoms with Gasteiger partial charge in [0, 0.05) is 18.4 Å². The summed E-state index contributed by atoms with van der Waals surface area (Å²) >= 11 is 0. The van der Waals surface area contributed by atoms with E-state index >= 15 is 0 Å². The molecule has 0 saturated heterocycles. The van der Waals surface area contributed by atoms with Crippen LogP contribution in [0.25, 0.3) is 16.5 Å². The Balaban J connectivity index is 0.000000604. The maximum Gasteiger partial charge on any atom is 0.430 e. The molecule has 0 aliphatic carbocycles. The van der Waals surface area contributed by atoms with Gasteiger partial charge in [-0.15, -0.1) is 0 Å². The number of quaternary nitrogens is 1. The summed E-state index contributed by atoms with van der Waals surface area (Å²) in [5.74, 6) is -2.00. The second-order valence-corrected chi connectivity index (χ2v) is 10.3. The lowest BCUT2D eigenvalue weighted by Crippen LogP contribution is -2.87. The van der Waals surface area contributed by atoms with E-state index in [1.165, 1.54) is 11.6 Å². The molecule has 0 aromatic heterocycles. The monoisotopic (exact) mass is 541 g/mol. The number of fused-ring (bicyclic) bond motifs is 1. The van der Waals surface area contributed by atoms with Crippen molar-refractivity contribution < 1.29 is 41.6 Å². The topological polar surface area (TPSA) is 132 Å². The van der Waals surface area contributed by atoms with E-state index in [2.05, 4.69) is 40.0 Å². The fourth-order valence-corrected chi connectivity index (χ4v) is 4.40. The molecular formula is C25H30F3N3O5S. The highest BCUT2D eigenvalue weighted by molar-refractivity contribution is 7.88. The van der Waals surface area contributed by atoms with E-state index in [9.17, 15) is 26.4 Å². The lowest BCUT2D eigenvalue weighted by molar-refractivity contribution is -0.434. The fourth-order valence-electron chi connectivity index (χ4n) is 3.65. The van der Waals surface area contributed by atoms with Crippen LogP contribution >= 0.6 is 0 Å². The highest BCUT2D eigenvalue weighted by atomic mass is 32.2. The van der Waals surface area contributed by atoms with Gasteiger partial charge in [-0.2, -0.15) is 13.2 Å². The Morgan fingerprint density at radius 2 is 1.73 bits per heavy atom. The second-order valence-electron chi connectivity index (χ2n) is 8.56. The predicted octanol–water partition coefficient (Wildman–Crippen LogP) is 2.26. The highest BCUT2D eigenvalue weighted by Crippen LogP contribution is 2.20. The number of unbranched alkanes of at least 4 members (excludes halogenated alkanes) is 2. The summed E-state index contributed by atoms with van der Waals surface area (Å²) in [6.45, 7) is 1.88. The van der Waals surface area contributed by atoms with E-state index in [0.29, 0.717) is 19.3 Å². The first-order valence-electron chi connectivity index (χ1n) is 11.7. The van der Waals surface area contributed by atoms with Crippen LogP contribution in [0, 0.1) is 0 Å². The van der Waals surface area contributed by atoms with Crippen LogP contribution in [0.5, 0.6) is 0 Å². The van der Waals surface area contributed by atoms with Gasteiger partial charge in [-0.25, -0.2) is 18.1 Å². The number of alkyl halides is 3. The number of benzene rings is 2. The molecule has 1 heterocycles. The van der Waals surface area contributed by atoms with Crippen molar-refractivity contribution in [3.05, 3.63) is 54.2 Å². The van der Waals surface area contributed by atoms with Gasteiger partial charge in [-0.1, -0.05) is 50.1 Å². The van der Waals surface area contributed by atoms with Crippen LogP contribution in [-0.4, -0.2) is 44.5 Å². The minimum absolute atomic E-state index is 0.276. The van der Waals surface area contributed by atoms with Gasteiger partial charge in [0.1, 0.15) is 17.8 Å². The molecule has 0 bridgehead atoms. The summed E-state index contributed by atoms with van der Waals surface area (Å²) in [5, 5.41) is 13.1. The van der Waals surface area contributed by atoms with Crippen molar-refractivity contribution in [3.63, 3.8) is 0 Å². The van der Waals surface area contributed by atoms with E-state index in [1.54, 1.807) is 6.20 Å². The Morgan fingerprint density at radius 3 is 2.32 bits per heavy atom. The third kappa shape index (κ3) is 10.4. The van der Waals surface area contributed by atoms with Crippen molar-refractivity contribution in [1.82, 2.24) is 4.72 Å². The molecule has 0 radical (unpaired) electrons. The van der Waals surface area contributed by atoms with Crippen molar-refractivity contribution in [2.75, 3.05) is 6.26 Å². The number of Topliss-reactive ketones (excluding diaryl/α,β-unsaturated/α-hetero) is 1. The molecule has 1 aliphatic heterocycles. The van der Waals surface area contributed by atoms with Gasteiger partial charge in [-0.05, 0) is 35.7 Å². The molecule has 12 heteroatoms. The SMILES string of the molecule is CCC(=O)CCCCC[C@H](NS(C)(=O)=O)C1=NC=C(c2ccc3ccccc3c2)[NH2+]1.O=C([O-])C(F)(F)F. The van der Waals surface area contributed by atoms with Crippen LogP contribution in [0.2, 0.25) is 0 Å². The Hall–Kier alpha value is -3.09. The van der Waals surface area contributed by atoms with E-state index in [4.69, 9.17) is 9.90 Å². The van der Waals surface area contributed by atoms with E-state index in [1.807, 2.05) is 24.4 Å². The standard InChI is InChI=1S/C23H29N3O3S.C2HF3O2/c1-3-20(27)11-5-4-6-12-21(26-30(2,28)29)23-24-16-22(25-23)19-14-13-17-9-7-8-10-18(17)15-19;3-2(4,5)1(6)7/h7-10,13-16,21,26H,3-6,11-12H2,1-2H3,(H,24,25);(H,6,7)/t21-;/m0./s1. The number of carbonyl (C=O) groups is 2. The molecule has 0 spiro atoms. The molecule has 8 nitrogen and oxygen atoms in total. The summed E-state index contributed by atoms with van der Waals surface area (Å²) in [4.78, 5) is 24.7. The minimum atomic E-state index is -5.19. The van der Waals surface area contributed by atoms with Crippen molar-refractivity contribution in [2.45, 2.75) is 57.7 Å². The fraction of sp³-hybridized carbons (Fsp3) is 0.400. The number of nitrogens with one attached hydrogen (secondary N) is 1. The second kappa shape index (κ2) is 13.5. The number of sulfonamides is 1. The van der Waals surface area contributed by atoms with Crippen LogP contribution < -0.4 is 15.1 Å². The van der Waals surface area contributed by atoms with E-state index < -0.39 is 22.2 Å². The predicted molar refractivity (Wildman–Crippen MR) is 132 cm³/mol. The molecule has 0 saturated carbocycles. The summed E-state index contributed by atoms with van der Waals surface area (Å²) in [6.07, 6.45) is 2.18. The number of hydrogen-bond donors (Lipinski definition) is 2. The molecule has 37 heavy (non-hydrogen) atoms.